The van der Waals surface area contributed by atoms with Gasteiger partial charge in [0.15, 0.2) is 5.17 Å². The first-order valence-electron chi connectivity index (χ1n) is 8.82. The Bertz CT molecular complexity index is 986. The zero-order chi connectivity index (χ0) is 21.0. The van der Waals surface area contributed by atoms with Gasteiger partial charge in [0.1, 0.15) is 17.2 Å². The average molecular weight is 411 g/mol. The molecule has 0 saturated carbocycles. The molecule has 1 heterocycles. The fraction of sp³-hybridized carbons (Fsp3) is 0.190. The van der Waals surface area contributed by atoms with Gasteiger partial charge in [0.2, 0.25) is 5.91 Å². The van der Waals surface area contributed by atoms with Gasteiger partial charge in [-0.1, -0.05) is 30.0 Å². The summed E-state index contributed by atoms with van der Waals surface area (Å²) in [6, 6.07) is 14.4. The van der Waals surface area contributed by atoms with Crippen LogP contribution in [0.5, 0.6) is 11.5 Å². The maximum atomic E-state index is 13.1. The van der Waals surface area contributed by atoms with Gasteiger partial charge in [0, 0.05) is 6.07 Å². The molecule has 0 aromatic heterocycles. The van der Waals surface area contributed by atoms with E-state index >= 15 is 0 Å². The molecule has 29 heavy (non-hydrogen) atoms. The number of benzene rings is 2. The van der Waals surface area contributed by atoms with Crippen LogP contribution in [0, 0.1) is 0 Å². The fourth-order valence-corrected chi connectivity index (χ4v) is 3.50. The van der Waals surface area contributed by atoms with Crippen molar-refractivity contribution in [2.45, 2.75) is 12.2 Å². The van der Waals surface area contributed by atoms with Crippen LogP contribution >= 0.6 is 11.8 Å². The molecule has 150 valence electrons. The molecule has 8 heteroatoms. The van der Waals surface area contributed by atoms with Gasteiger partial charge in [-0.2, -0.15) is 0 Å². The van der Waals surface area contributed by atoms with Crippen LogP contribution in [-0.4, -0.2) is 36.5 Å². The molecule has 0 spiro atoms. The number of ether oxygens (including phenoxy) is 2. The summed E-state index contributed by atoms with van der Waals surface area (Å²) in [6.07, 6.45) is 1.69. The Hall–Kier alpha value is -3.26. The van der Waals surface area contributed by atoms with Crippen LogP contribution in [0.2, 0.25) is 0 Å². The Morgan fingerprint density at radius 3 is 2.45 bits per heavy atom. The number of rotatable bonds is 6. The van der Waals surface area contributed by atoms with Crippen molar-refractivity contribution >= 4 is 40.5 Å². The van der Waals surface area contributed by atoms with Gasteiger partial charge in [-0.15, -0.1) is 0 Å². The Balaban J connectivity index is 1.99. The molecule has 2 aromatic rings. The number of nitrogens with zero attached hydrogens (tertiary/aromatic N) is 2. The van der Waals surface area contributed by atoms with Crippen LogP contribution in [0.15, 0.2) is 59.2 Å². The molecule has 1 aliphatic rings. The molecule has 7 nitrogen and oxygen atoms in total. The van der Waals surface area contributed by atoms with Gasteiger partial charge >= 0.3 is 0 Å². The summed E-state index contributed by atoms with van der Waals surface area (Å²) >= 11 is 1.13. The predicted molar refractivity (Wildman–Crippen MR) is 115 cm³/mol. The number of carbonyl (C=O) groups is 2. The first-order chi connectivity index (χ1) is 13.9. The van der Waals surface area contributed by atoms with Crippen molar-refractivity contribution in [1.29, 1.82) is 0 Å². The van der Waals surface area contributed by atoms with Crippen molar-refractivity contribution in [3.63, 3.8) is 0 Å². The van der Waals surface area contributed by atoms with Crippen LogP contribution in [0.3, 0.4) is 0 Å². The summed E-state index contributed by atoms with van der Waals surface area (Å²) in [7, 11) is 3.15. The highest BCUT2D eigenvalue weighted by Gasteiger charge is 2.34. The lowest BCUT2D eigenvalue weighted by atomic mass is 10.2. The van der Waals surface area contributed by atoms with Crippen molar-refractivity contribution in [3.05, 3.63) is 59.8 Å². The number of methoxy groups -OCH3 is 2. The molecule has 1 aliphatic heterocycles. The van der Waals surface area contributed by atoms with E-state index in [0.29, 0.717) is 16.6 Å². The summed E-state index contributed by atoms with van der Waals surface area (Å²) in [5, 5.41) is -0.163. The van der Waals surface area contributed by atoms with Gasteiger partial charge in [-0.25, -0.2) is 4.99 Å². The average Bonchev–Trinajstić information content (AvgIpc) is 3.03. The van der Waals surface area contributed by atoms with E-state index in [4.69, 9.17) is 15.2 Å². The van der Waals surface area contributed by atoms with Gasteiger partial charge in [0.25, 0.3) is 5.91 Å². The van der Waals surface area contributed by atoms with Crippen molar-refractivity contribution in [3.8, 4) is 11.5 Å². The topological polar surface area (TPSA) is 94.2 Å². The third-order valence-corrected chi connectivity index (χ3v) is 5.31. The van der Waals surface area contributed by atoms with Crippen LogP contribution in [0.25, 0.3) is 6.08 Å². The number of carbonyl (C=O) groups excluding carboxylic acids is 2. The second kappa shape index (κ2) is 8.83. The van der Waals surface area contributed by atoms with Crippen molar-refractivity contribution in [1.82, 2.24) is 0 Å². The highest BCUT2D eigenvalue weighted by atomic mass is 32.2. The molecular weight excluding hydrogens is 390 g/mol. The number of nitrogens with two attached hydrogens (primary N) is 1. The SMILES string of the molecule is COc1ccc(/C=C2\N=C(S[C@@H](C)C(N)=O)N(c3cccc(OC)c3)C2=O)cc1. The van der Waals surface area contributed by atoms with Crippen LogP contribution in [-0.2, 0) is 9.59 Å². The second-order valence-corrected chi connectivity index (χ2v) is 7.51. The number of anilines is 1. The highest BCUT2D eigenvalue weighted by molar-refractivity contribution is 8.15. The molecule has 0 saturated heterocycles. The zero-order valence-electron chi connectivity index (χ0n) is 16.3. The molecule has 0 unspecified atom stereocenters. The van der Waals surface area contributed by atoms with E-state index in [9.17, 15) is 9.59 Å². The Morgan fingerprint density at radius 2 is 1.83 bits per heavy atom. The van der Waals surface area contributed by atoms with Crippen LogP contribution in [0.1, 0.15) is 12.5 Å². The Labute approximate surface area is 173 Å². The first kappa shape index (κ1) is 20.5. The van der Waals surface area contributed by atoms with Crippen molar-refractivity contribution in [2.24, 2.45) is 10.7 Å². The quantitative estimate of drug-likeness (QED) is 0.738. The smallest absolute Gasteiger partial charge is 0.283 e. The lowest BCUT2D eigenvalue weighted by Gasteiger charge is -2.19. The number of hydrogen-bond acceptors (Lipinski definition) is 6. The molecule has 0 fully saturated rings. The number of aliphatic imine (C=N–C) groups is 1. The molecular formula is C21H21N3O4S. The summed E-state index contributed by atoms with van der Waals surface area (Å²) in [5.74, 6) is 0.546. The monoisotopic (exact) mass is 411 g/mol. The van der Waals surface area contributed by atoms with E-state index in [1.165, 1.54) is 4.90 Å². The number of primary amides is 1. The number of thioether (sulfide) groups is 1. The lowest BCUT2D eigenvalue weighted by Crippen LogP contribution is -2.33. The van der Waals surface area contributed by atoms with Crippen LogP contribution < -0.4 is 20.1 Å². The minimum absolute atomic E-state index is 0.261. The third-order valence-electron chi connectivity index (χ3n) is 4.24. The zero-order valence-corrected chi connectivity index (χ0v) is 17.1. The van der Waals surface area contributed by atoms with E-state index < -0.39 is 11.2 Å². The second-order valence-electron chi connectivity index (χ2n) is 6.20. The van der Waals surface area contributed by atoms with Crippen molar-refractivity contribution in [2.75, 3.05) is 19.1 Å². The van der Waals surface area contributed by atoms with E-state index in [2.05, 4.69) is 4.99 Å². The summed E-state index contributed by atoms with van der Waals surface area (Å²) in [6.45, 7) is 1.68. The Kier molecular flexibility index (Phi) is 6.23. The predicted octanol–water partition coefficient (Wildman–Crippen LogP) is 3.05. The van der Waals surface area contributed by atoms with Gasteiger partial charge < -0.3 is 15.2 Å². The minimum Gasteiger partial charge on any atom is -0.497 e. The van der Waals surface area contributed by atoms with Crippen LogP contribution in [0.4, 0.5) is 5.69 Å². The first-order valence-corrected chi connectivity index (χ1v) is 9.70. The van der Waals surface area contributed by atoms with Gasteiger partial charge in [-0.05, 0) is 42.8 Å². The number of amides is 2. The minimum atomic E-state index is -0.546. The molecule has 0 bridgehead atoms. The molecule has 0 radical (unpaired) electrons. The largest absolute Gasteiger partial charge is 0.497 e. The fourth-order valence-electron chi connectivity index (χ4n) is 2.63. The van der Waals surface area contributed by atoms with Crippen molar-refractivity contribution < 1.29 is 19.1 Å². The third kappa shape index (κ3) is 4.60. The normalized spacial score (nSPS) is 16.0. The molecule has 0 aliphatic carbocycles. The number of amidine groups is 1. The maximum absolute atomic E-state index is 13.1. The summed E-state index contributed by atoms with van der Waals surface area (Å²) in [4.78, 5) is 30.6. The van der Waals surface area contributed by atoms with E-state index in [1.54, 1.807) is 63.6 Å². The molecule has 3 rings (SSSR count). The summed E-state index contributed by atoms with van der Waals surface area (Å²) < 4.78 is 10.4. The molecule has 2 N–H and O–H groups in total. The molecule has 2 amide bonds. The van der Waals surface area contributed by atoms with E-state index in [1.807, 2.05) is 12.1 Å². The van der Waals surface area contributed by atoms with E-state index in [0.717, 1.165) is 23.1 Å². The van der Waals surface area contributed by atoms with Gasteiger partial charge in [0.05, 0.1) is 25.2 Å². The standard InChI is InChI=1S/C21H21N3O4S/c1-13(19(22)25)29-21-23-18(11-14-7-9-16(27-2)10-8-14)20(26)24(21)15-5-4-6-17(12-15)28-3/h4-13H,1-3H3,(H2,22,25)/b18-11-/t13-/m0/s1. The summed E-state index contributed by atoms with van der Waals surface area (Å²) in [5.41, 5.74) is 7.06. The molecule has 2 aromatic carbocycles. The molecule has 1 atom stereocenters. The van der Waals surface area contributed by atoms with E-state index in [-0.39, 0.29) is 11.6 Å². The highest BCUT2D eigenvalue weighted by Crippen LogP contribution is 2.32. The number of hydrogen-bond donors (Lipinski definition) is 1. The van der Waals surface area contributed by atoms with Gasteiger partial charge in [-0.3, -0.25) is 14.5 Å². The maximum Gasteiger partial charge on any atom is 0.283 e. The lowest BCUT2D eigenvalue weighted by molar-refractivity contribution is -0.117. The Morgan fingerprint density at radius 1 is 1.14 bits per heavy atom.